The SMILES string of the molecule is C=C1C[C@]2(C)[C@H]3CC=C4[C@@H]5[C@@H](C)[C@H](C)CC[C@]5(C(=O)NCCNC(=O)Nc5ccc(C)cc5)CC[C@@]4(C)[C@]3(C)CC[C@H]2C(C)(C)C1=O. The molecule has 3 amide bonds. The number of hydrogen-bond donors (Lipinski definition) is 3. The van der Waals surface area contributed by atoms with Crippen LogP contribution in [0.25, 0.3) is 0 Å². The number of benzene rings is 1. The van der Waals surface area contributed by atoms with Gasteiger partial charge in [-0.05, 0) is 122 Å². The Labute approximate surface area is 283 Å². The molecule has 0 saturated heterocycles. The van der Waals surface area contributed by atoms with Gasteiger partial charge < -0.3 is 16.0 Å². The lowest BCUT2D eigenvalue weighted by atomic mass is 9.33. The van der Waals surface area contributed by atoms with Crippen LogP contribution in [0, 0.1) is 63.6 Å². The number of carbonyl (C=O) groups is 3. The number of fused-ring (bicyclic) bond motifs is 7. The molecule has 5 aliphatic carbocycles. The molecular weight excluding hydrogens is 582 g/mol. The molecule has 47 heavy (non-hydrogen) atoms. The van der Waals surface area contributed by atoms with Crippen LogP contribution in [0.15, 0.2) is 48.1 Å². The first-order valence-electron chi connectivity index (χ1n) is 18.3. The Hall–Kier alpha value is -2.89. The number of rotatable bonds is 5. The van der Waals surface area contributed by atoms with Crippen molar-refractivity contribution in [3.8, 4) is 0 Å². The molecule has 6 rings (SSSR count). The third kappa shape index (κ3) is 5.05. The fourth-order valence-corrected chi connectivity index (χ4v) is 12.2. The second-order valence-electron chi connectivity index (χ2n) is 17.6. The first kappa shape index (κ1) is 34.0. The fraction of sp³-hybridized carbons (Fsp3) is 0.683. The molecule has 4 saturated carbocycles. The van der Waals surface area contributed by atoms with Crippen LogP contribution < -0.4 is 16.0 Å². The Morgan fingerprint density at radius 2 is 1.57 bits per heavy atom. The maximum atomic E-state index is 14.4. The van der Waals surface area contributed by atoms with Crippen molar-refractivity contribution in [2.24, 2.45) is 56.7 Å². The maximum absolute atomic E-state index is 14.4. The first-order chi connectivity index (χ1) is 22.0. The number of anilines is 1. The summed E-state index contributed by atoms with van der Waals surface area (Å²) in [7, 11) is 0. The summed E-state index contributed by atoms with van der Waals surface area (Å²) < 4.78 is 0. The van der Waals surface area contributed by atoms with Crippen molar-refractivity contribution in [2.75, 3.05) is 18.4 Å². The van der Waals surface area contributed by atoms with Gasteiger partial charge in [-0.1, -0.05) is 84.4 Å². The second-order valence-corrected chi connectivity index (χ2v) is 17.6. The highest BCUT2D eigenvalue weighted by atomic mass is 16.2. The molecule has 0 aliphatic heterocycles. The van der Waals surface area contributed by atoms with Gasteiger partial charge in [0.25, 0.3) is 0 Å². The van der Waals surface area contributed by atoms with Gasteiger partial charge in [0.05, 0.1) is 5.41 Å². The van der Waals surface area contributed by atoms with Crippen molar-refractivity contribution in [3.63, 3.8) is 0 Å². The van der Waals surface area contributed by atoms with Gasteiger partial charge in [0.15, 0.2) is 5.78 Å². The molecule has 256 valence electrons. The third-order valence-electron chi connectivity index (χ3n) is 15.1. The fourth-order valence-electron chi connectivity index (χ4n) is 12.2. The summed E-state index contributed by atoms with van der Waals surface area (Å²) in [4.78, 5) is 40.2. The summed E-state index contributed by atoms with van der Waals surface area (Å²) in [6.45, 7) is 23.8. The van der Waals surface area contributed by atoms with Gasteiger partial charge >= 0.3 is 6.03 Å². The number of allylic oxidation sites excluding steroid dienone is 3. The monoisotopic (exact) mass is 641 g/mol. The number of nitrogens with one attached hydrogen (secondary N) is 3. The van der Waals surface area contributed by atoms with Crippen LogP contribution in [-0.2, 0) is 9.59 Å². The molecule has 9 atom stereocenters. The van der Waals surface area contributed by atoms with Crippen LogP contribution in [0.2, 0.25) is 0 Å². The van der Waals surface area contributed by atoms with E-state index in [4.69, 9.17) is 0 Å². The summed E-state index contributed by atoms with van der Waals surface area (Å²) in [5.74, 6) is 2.45. The Morgan fingerprint density at radius 1 is 0.894 bits per heavy atom. The quantitative estimate of drug-likeness (QED) is 0.171. The number of amides is 3. The number of Topliss-reactive ketones (excluding diaryl/α,β-unsaturated/α-hetero) is 1. The van der Waals surface area contributed by atoms with Crippen LogP contribution in [0.5, 0.6) is 0 Å². The maximum Gasteiger partial charge on any atom is 0.319 e. The number of urea groups is 1. The molecule has 0 bridgehead atoms. The minimum absolute atomic E-state index is 0.00617. The molecule has 3 N–H and O–H groups in total. The molecular formula is C41H59N3O3. The lowest BCUT2D eigenvalue weighted by Gasteiger charge is -2.71. The molecule has 0 unspecified atom stereocenters. The third-order valence-corrected chi connectivity index (χ3v) is 15.1. The lowest BCUT2D eigenvalue weighted by molar-refractivity contribution is -0.181. The van der Waals surface area contributed by atoms with Crippen LogP contribution in [0.1, 0.15) is 105 Å². The minimum Gasteiger partial charge on any atom is -0.354 e. The summed E-state index contributed by atoms with van der Waals surface area (Å²) >= 11 is 0. The van der Waals surface area contributed by atoms with E-state index < -0.39 is 5.41 Å². The van der Waals surface area contributed by atoms with Crippen molar-refractivity contribution in [1.29, 1.82) is 0 Å². The highest BCUT2D eigenvalue weighted by molar-refractivity contribution is 6.00. The van der Waals surface area contributed by atoms with Crippen molar-refractivity contribution in [1.82, 2.24) is 10.6 Å². The summed E-state index contributed by atoms with van der Waals surface area (Å²) in [5.41, 5.74) is 3.58. The molecule has 1 aromatic carbocycles. The lowest BCUT2D eigenvalue weighted by Crippen LogP contribution is -2.65. The Morgan fingerprint density at radius 3 is 2.28 bits per heavy atom. The molecule has 0 spiro atoms. The standard InChI is InChI=1S/C41H59N3O3/c1-25-10-12-29(13-11-25)44-36(47)43-23-22-42-35(46)41-19-16-26(2)28(4)33(41)30-14-15-32-38(7)24-27(3)34(45)37(5,6)31(38)17-18-40(32,9)39(30,8)20-21-41/h10-14,26,28,31-33H,3,15-24H2,1-2,4-9H3,(H,42,46)(H2,43,44,47)/t26-,28+,31+,32-,33+,38+,39-,40-,41+/m1/s1. The number of hydrogen-bond acceptors (Lipinski definition) is 3. The molecule has 0 radical (unpaired) electrons. The largest absolute Gasteiger partial charge is 0.354 e. The van der Waals surface area contributed by atoms with Crippen molar-refractivity contribution in [3.05, 3.63) is 53.6 Å². The zero-order valence-corrected chi connectivity index (χ0v) is 30.3. The Balaban J connectivity index is 1.23. The zero-order valence-electron chi connectivity index (χ0n) is 30.3. The van der Waals surface area contributed by atoms with E-state index in [2.05, 4.69) is 77.1 Å². The van der Waals surface area contributed by atoms with E-state index in [1.807, 2.05) is 31.2 Å². The average molecular weight is 642 g/mol. The summed E-state index contributed by atoms with van der Waals surface area (Å²) in [5, 5.41) is 9.07. The second kappa shape index (κ2) is 11.6. The van der Waals surface area contributed by atoms with Gasteiger partial charge in [-0.25, -0.2) is 4.79 Å². The van der Waals surface area contributed by atoms with Gasteiger partial charge in [0.2, 0.25) is 5.91 Å². The van der Waals surface area contributed by atoms with Crippen LogP contribution in [-0.4, -0.2) is 30.8 Å². The minimum atomic E-state index is -0.417. The van der Waals surface area contributed by atoms with Gasteiger partial charge in [0.1, 0.15) is 0 Å². The van der Waals surface area contributed by atoms with E-state index in [0.717, 1.165) is 68.2 Å². The predicted octanol–water partition coefficient (Wildman–Crippen LogP) is 8.63. The van der Waals surface area contributed by atoms with Gasteiger partial charge in [-0.3, -0.25) is 9.59 Å². The molecule has 0 aromatic heterocycles. The van der Waals surface area contributed by atoms with Gasteiger partial charge in [-0.15, -0.1) is 0 Å². The predicted molar refractivity (Wildman–Crippen MR) is 190 cm³/mol. The Kier molecular flexibility index (Phi) is 8.40. The van der Waals surface area contributed by atoms with E-state index >= 15 is 0 Å². The van der Waals surface area contributed by atoms with Crippen LogP contribution in [0.3, 0.4) is 0 Å². The van der Waals surface area contributed by atoms with E-state index in [0.29, 0.717) is 36.8 Å². The van der Waals surface area contributed by atoms with Crippen LogP contribution >= 0.6 is 0 Å². The number of carbonyl (C=O) groups excluding carboxylic acids is 3. The molecule has 5 aliphatic rings. The number of ketones is 1. The molecule has 0 heterocycles. The summed E-state index contributed by atoms with van der Waals surface area (Å²) in [6.07, 6.45) is 10.5. The average Bonchev–Trinajstić information content (AvgIpc) is 3.01. The van der Waals surface area contributed by atoms with E-state index in [1.165, 1.54) is 0 Å². The highest BCUT2D eigenvalue weighted by Gasteiger charge is 2.69. The van der Waals surface area contributed by atoms with E-state index in [9.17, 15) is 14.4 Å². The highest BCUT2D eigenvalue weighted by Crippen LogP contribution is 2.75. The van der Waals surface area contributed by atoms with Gasteiger partial charge in [-0.2, -0.15) is 0 Å². The van der Waals surface area contributed by atoms with Gasteiger partial charge in [0, 0.05) is 24.2 Å². The molecule has 6 heteroatoms. The normalized spacial score (nSPS) is 40.5. The molecule has 4 fully saturated rings. The topological polar surface area (TPSA) is 87.3 Å². The molecule has 6 nitrogen and oxygen atoms in total. The number of aryl methyl sites for hydroxylation is 1. The Bertz CT molecular complexity index is 1490. The van der Waals surface area contributed by atoms with Crippen LogP contribution in [0.4, 0.5) is 10.5 Å². The zero-order chi connectivity index (χ0) is 34.2. The van der Waals surface area contributed by atoms with Crippen molar-refractivity contribution < 1.29 is 14.4 Å². The molecule has 1 aromatic rings. The van der Waals surface area contributed by atoms with E-state index in [-0.39, 0.29) is 45.3 Å². The summed E-state index contributed by atoms with van der Waals surface area (Å²) in [6, 6.07) is 7.45. The van der Waals surface area contributed by atoms with Crippen molar-refractivity contribution in [2.45, 2.75) is 107 Å². The smallest absolute Gasteiger partial charge is 0.319 e. The van der Waals surface area contributed by atoms with Crippen molar-refractivity contribution >= 4 is 23.4 Å². The van der Waals surface area contributed by atoms with E-state index in [1.54, 1.807) is 5.57 Å². The first-order valence-corrected chi connectivity index (χ1v) is 18.3.